The van der Waals surface area contributed by atoms with Gasteiger partial charge in [-0.05, 0) is 23.9 Å². The molecule has 0 atom stereocenters. The van der Waals surface area contributed by atoms with Crippen LogP contribution in [0.15, 0.2) is 35.0 Å². The van der Waals surface area contributed by atoms with Gasteiger partial charge >= 0.3 is 0 Å². The summed E-state index contributed by atoms with van der Waals surface area (Å²) in [6, 6.07) is 8.70. The number of para-hydroxylation sites is 2. The highest BCUT2D eigenvalue weighted by Crippen LogP contribution is 2.41. The van der Waals surface area contributed by atoms with Gasteiger partial charge in [0.25, 0.3) is 0 Å². The molecule has 1 aromatic carbocycles. The molecular formula is C15H18N2S. The molecule has 94 valence electrons. The Bertz CT molecular complexity index is 547. The fourth-order valence-corrected chi connectivity index (χ4v) is 3.46. The smallest absolute Gasteiger partial charge is 0.0648 e. The van der Waals surface area contributed by atoms with Gasteiger partial charge in [-0.3, -0.25) is 0 Å². The maximum absolute atomic E-state index is 2.46. The first-order valence-electron chi connectivity index (χ1n) is 6.44. The van der Waals surface area contributed by atoms with E-state index in [1.807, 2.05) is 0 Å². The Kier molecular flexibility index (Phi) is 3.00. The van der Waals surface area contributed by atoms with Crippen molar-refractivity contribution in [3.63, 3.8) is 0 Å². The first kappa shape index (κ1) is 11.6. The molecule has 2 nitrogen and oxygen atoms in total. The van der Waals surface area contributed by atoms with Crippen LogP contribution in [0.4, 0.5) is 17.1 Å². The average molecular weight is 258 g/mol. The number of hydrogen-bond donors (Lipinski definition) is 0. The van der Waals surface area contributed by atoms with E-state index in [1.165, 1.54) is 22.6 Å². The Morgan fingerprint density at radius 2 is 1.89 bits per heavy atom. The summed E-state index contributed by atoms with van der Waals surface area (Å²) in [5, 5.41) is 4.56. The number of rotatable bonds is 2. The first-order valence-corrected chi connectivity index (χ1v) is 7.38. The molecule has 1 aromatic heterocycles. The van der Waals surface area contributed by atoms with Crippen molar-refractivity contribution < 1.29 is 0 Å². The van der Waals surface area contributed by atoms with Gasteiger partial charge < -0.3 is 9.80 Å². The second-order valence-electron chi connectivity index (χ2n) is 4.78. The molecule has 1 aliphatic rings. The lowest BCUT2D eigenvalue weighted by Gasteiger charge is -2.25. The summed E-state index contributed by atoms with van der Waals surface area (Å²) in [4.78, 5) is 4.81. The number of nitrogens with zero attached hydrogens (tertiary/aromatic N) is 2. The summed E-state index contributed by atoms with van der Waals surface area (Å²) in [5.74, 6) is 0. The van der Waals surface area contributed by atoms with E-state index < -0.39 is 0 Å². The standard InChI is InChI=1S/C15H18N2S/c1-3-8-17-14-7-5-4-6-13(14)16(2)9-12-10-18-11-15(12)17/h4-7,10-11H,3,8-9H2,1-2H3. The highest BCUT2D eigenvalue weighted by atomic mass is 32.1. The molecule has 0 N–H and O–H groups in total. The lowest BCUT2D eigenvalue weighted by atomic mass is 10.2. The van der Waals surface area contributed by atoms with E-state index >= 15 is 0 Å². The summed E-state index contributed by atoms with van der Waals surface area (Å²) in [6.45, 7) is 4.31. The van der Waals surface area contributed by atoms with Crippen molar-refractivity contribution in [2.24, 2.45) is 0 Å². The van der Waals surface area contributed by atoms with E-state index in [-0.39, 0.29) is 0 Å². The first-order chi connectivity index (χ1) is 8.81. The van der Waals surface area contributed by atoms with E-state index in [2.05, 4.69) is 58.8 Å². The second-order valence-corrected chi connectivity index (χ2v) is 5.52. The Morgan fingerprint density at radius 1 is 1.11 bits per heavy atom. The lowest BCUT2D eigenvalue weighted by Crippen LogP contribution is -2.18. The molecule has 0 amide bonds. The van der Waals surface area contributed by atoms with Gasteiger partial charge in [-0.1, -0.05) is 19.1 Å². The summed E-state index contributed by atoms with van der Waals surface area (Å²) in [5.41, 5.74) is 5.48. The van der Waals surface area contributed by atoms with Crippen molar-refractivity contribution in [2.75, 3.05) is 23.4 Å². The summed E-state index contributed by atoms with van der Waals surface area (Å²) >= 11 is 1.80. The van der Waals surface area contributed by atoms with Crippen molar-refractivity contribution >= 4 is 28.4 Å². The van der Waals surface area contributed by atoms with Crippen LogP contribution < -0.4 is 9.80 Å². The Hall–Kier alpha value is -1.48. The van der Waals surface area contributed by atoms with Gasteiger partial charge in [-0.25, -0.2) is 0 Å². The van der Waals surface area contributed by atoms with Gasteiger partial charge in [0.1, 0.15) is 0 Å². The van der Waals surface area contributed by atoms with Crippen molar-refractivity contribution in [3.8, 4) is 0 Å². The maximum Gasteiger partial charge on any atom is 0.0648 e. The second kappa shape index (κ2) is 4.65. The van der Waals surface area contributed by atoms with Crippen molar-refractivity contribution in [1.29, 1.82) is 0 Å². The van der Waals surface area contributed by atoms with Crippen LogP contribution in [-0.2, 0) is 6.54 Å². The van der Waals surface area contributed by atoms with Gasteiger partial charge in [0, 0.05) is 31.1 Å². The van der Waals surface area contributed by atoms with Crippen LogP contribution in [0, 0.1) is 0 Å². The molecule has 0 saturated heterocycles. The van der Waals surface area contributed by atoms with E-state index in [0.29, 0.717) is 0 Å². The van der Waals surface area contributed by atoms with Crippen LogP contribution in [0.25, 0.3) is 0 Å². The minimum Gasteiger partial charge on any atom is -0.368 e. The molecule has 0 spiro atoms. The van der Waals surface area contributed by atoms with Crippen LogP contribution in [0.1, 0.15) is 18.9 Å². The summed E-state index contributed by atoms with van der Waals surface area (Å²) < 4.78 is 0. The molecule has 2 aromatic rings. The molecular weight excluding hydrogens is 240 g/mol. The molecule has 3 rings (SSSR count). The van der Waals surface area contributed by atoms with Crippen molar-refractivity contribution in [1.82, 2.24) is 0 Å². The zero-order valence-electron chi connectivity index (χ0n) is 10.9. The topological polar surface area (TPSA) is 6.48 Å². The van der Waals surface area contributed by atoms with Crippen LogP contribution in [-0.4, -0.2) is 13.6 Å². The third-order valence-electron chi connectivity index (χ3n) is 3.45. The van der Waals surface area contributed by atoms with Gasteiger partial charge in [-0.2, -0.15) is 0 Å². The zero-order chi connectivity index (χ0) is 12.5. The highest BCUT2D eigenvalue weighted by Gasteiger charge is 2.22. The number of benzene rings is 1. The average Bonchev–Trinajstić information content (AvgIpc) is 2.80. The monoisotopic (exact) mass is 258 g/mol. The molecule has 3 heteroatoms. The molecule has 0 aliphatic carbocycles. The van der Waals surface area contributed by atoms with Gasteiger partial charge in [-0.15, -0.1) is 11.3 Å². The predicted octanol–water partition coefficient (Wildman–Crippen LogP) is 4.25. The maximum atomic E-state index is 2.46. The SMILES string of the molecule is CCCN1c2cscc2CN(C)c2ccccc21. The third kappa shape index (κ3) is 1.79. The summed E-state index contributed by atoms with van der Waals surface area (Å²) in [6.07, 6.45) is 1.16. The molecule has 0 saturated carbocycles. The van der Waals surface area contributed by atoms with Gasteiger partial charge in [0.2, 0.25) is 0 Å². The van der Waals surface area contributed by atoms with Crippen LogP contribution >= 0.6 is 11.3 Å². The van der Waals surface area contributed by atoms with E-state index in [4.69, 9.17) is 0 Å². The zero-order valence-corrected chi connectivity index (χ0v) is 11.7. The number of fused-ring (bicyclic) bond motifs is 2. The fourth-order valence-electron chi connectivity index (χ4n) is 2.62. The molecule has 0 radical (unpaired) electrons. The van der Waals surface area contributed by atoms with Crippen molar-refractivity contribution in [2.45, 2.75) is 19.9 Å². The summed E-state index contributed by atoms with van der Waals surface area (Å²) in [7, 11) is 2.18. The van der Waals surface area contributed by atoms with E-state index in [0.717, 1.165) is 19.5 Å². The molecule has 0 unspecified atom stereocenters. The molecule has 0 fully saturated rings. The molecule has 1 aliphatic heterocycles. The number of hydrogen-bond acceptors (Lipinski definition) is 3. The Morgan fingerprint density at radius 3 is 2.67 bits per heavy atom. The van der Waals surface area contributed by atoms with E-state index in [9.17, 15) is 0 Å². The van der Waals surface area contributed by atoms with E-state index in [1.54, 1.807) is 11.3 Å². The minimum absolute atomic E-state index is 0.996. The third-order valence-corrected chi connectivity index (χ3v) is 4.23. The Balaban J connectivity index is 2.17. The Labute approximate surface area is 112 Å². The van der Waals surface area contributed by atoms with Gasteiger partial charge in [0.05, 0.1) is 17.1 Å². The predicted molar refractivity (Wildman–Crippen MR) is 80.2 cm³/mol. The molecule has 0 bridgehead atoms. The number of thiophene rings is 1. The lowest BCUT2D eigenvalue weighted by molar-refractivity contribution is 0.887. The van der Waals surface area contributed by atoms with Crippen LogP contribution in [0.3, 0.4) is 0 Å². The minimum atomic E-state index is 0.996. The van der Waals surface area contributed by atoms with Crippen LogP contribution in [0.2, 0.25) is 0 Å². The fraction of sp³-hybridized carbons (Fsp3) is 0.333. The largest absolute Gasteiger partial charge is 0.368 e. The normalized spacial score (nSPS) is 14.1. The highest BCUT2D eigenvalue weighted by molar-refractivity contribution is 7.08. The van der Waals surface area contributed by atoms with Gasteiger partial charge in [0.15, 0.2) is 0 Å². The van der Waals surface area contributed by atoms with Crippen molar-refractivity contribution in [3.05, 3.63) is 40.6 Å². The van der Waals surface area contributed by atoms with Crippen LogP contribution in [0.5, 0.6) is 0 Å². The number of anilines is 3. The quantitative estimate of drug-likeness (QED) is 0.794. The molecule has 2 heterocycles. The molecule has 18 heavy (non-hydrogen) atoms.